The Kier molecular flexibility index (Phi) is 19.8. The number of esters is 2. The second-order valence-electron chi connectivity index (χ2n) is 8.75. The molecule has 0 fully saturated rings. The molecule has 0 radical (unpaired) electrons. The third kappa shape index (κ3) is 18.4. The van der Waals surface area contributed by atoms with E-state index < -0.39 is 30.2 Å². The average Bonchev–Trinajstić information content (AvgIpc) is 2.78. The number of aliphatic carboxylic acids is 1. The largest absolute Gasteiger partial charge is 0.480 e. The normalized spacial score (nSPS) is 13.8. The summed E-state index contributed by atoms with van der Waals surface area (Å²) in [5.74, 6) is -1.76. The Morgan fingerprint density at radius 3 is 1.91 bits per heavy atom. The smallest absolute Gasteiger partial charge is 0.320 e. The minimum absolute atomic E-state index is 0.0226. The first-order chi connectivity index (χ1) is 15.8. The minimum atomic E-state index is -1.14. The summed E-state index contributed by atoms with van der Waals surface area (Å²) in [5.41, 5.74) is 5.44. The van der Waals surface area contributed by atoms with Crippen LogP contribution in [0.3, 0.4) is 0 Å². The van der Waals surface area contributed by atoms with Crippen molar-refractivity contribution in [1.29, 1.82) is 0 Å². The molecule has 0 saturated carbocycles. The molecule has 8 heteroatoms. The monoisotopic (exact) mass is 473 g/mol. The van der Waals surface area contributed by atoms with Crippen LogP contribution < -0.4 is 5.73 Å². The van der Waals surface area contributed by atoms with Crippen LogP contribution in [0, 0.1) is 0 Å². The van der Waals surface area contributed by atoms with Crippen LogP contribution in [-0.2, 0) is 23.9 Å². The minimum Gasteiger partial charge on any atom is -0.480 e. The molecule has 0 rings (SSSR count). The third-order valence-electron chi connectivity index (χ3n) is 5.72. The maximum atomic E-state index is 12.1. The first-order valence-corrected chi connectivity index (χ1v) is 12.8. The standard InChI is InChI=1S/C25H47NO7/c1-3-5-12-16-22(33-24(29)19-18-20(26)25(30)31)21(27)15-13-10-8-6-7-9-11-14-17-23(28)32-4-2/h20-22,27H,3-19,26H2,1-2H3,(H,30,31). The Morgan fingerprint density at radius 2 is 1.33 bits per heavy atom. The first-order valence-electron chi connectivity index (χ1n) is 12.8. The topological polar surface area (TPSA) is 136 Å². The number of rotatable bonds is 22. The van der Waals surface area contributed by atoms with Crippen molar-refractivity contribution in [3.8, 4) is 0 Å². The highest BCUT2D eigenvalue weighted by molar-refractivity contribution is 5.75. The van der Waals surface area contributed by atoms with Gasteiger partial charge < -0.3 is 25.4 Å². The molecule has 0 aliphatic carbocycles. The van der Waals surface area contributed by atoms with Gasteiger partial charge in [0.25, 0.3) is 0 Å². The quantitative estimate of drug-likeness (QED) is 0.154. The molecule has 3 unspecified atom stereocenters. The molecule has 0 spiro atoms. The number of nitrogens with two attached hydrogens (primary N) is 1. The van der Waals surface area contributed by atoms with Crippen molar-refractivity contribution in [2.24, 2.45) is 5.73 Å². The molecule has 0 amide bonds. The lowest BCUT2D eigenvalue weighted by Crippen LogP contribution is -2.33. The van der Waals surface area contributed by atoms with E-state index in [-0.39, 0.29) is 18.8 Å². The number of hydrogen-bond donors (Lipinski definition) is 3. The highest BCUT2D eigenvalue weighted by Gasteiger charge is 2.23. The Balaban J connectivity index is 4.05. The van der Waals surface area contributed by atoms with E-state index in [9.17, 15) is 19.5 Å². The van der Waals surface area contributed by atoms with E-state index >= 15 is 0 Å². The second-order valence-corrected chi connectivity index (χ2v) is 8.75. The molecule has 194 valence electrons. The van der Waals surface area contributed by atoms with Crippen molar-refractivity contribution in [1.82, 2.24) is 0 Å². The summed E-state index contributed by atoms with van der Waals surface area (Å²) in [6.07, 6.45) is 11.6. The molecule has 0 aromatic carbocycles. The predicted molar refractivity (Wildman–Crippen MR) is 128 cm³/mol. The summed E-state index contributed by atoms with van der Waals surface area (Å²) in [6.45, 7) is 4.35. The molecule has 0 aliphatic rings. The lowest BCUT2D eigenvalue weighted by Gasteiger charge is -2.23. The number of aliphatic hydroxyl groups is 1. The van der Waals surface area contributed by atoms with Crippen molar-refractivity contribution >= 4 is 17.9 Å². The van der Waals surface area contributed by atoms with Gasteiger partial charge in [-0.3, -0.25) is 14.4 Å². The summed E-state index contributed by atoms with van der Waals surface area (Å²) in [5, 5.41) is 19.4. The number of carboxylic acids is 1. The Morgan fingerprint density at radius 1 is 0.758 bits per heavy atom. The molecular formula is C25H47NO7. The SMILES string of the molecule is CCCCCC(OC(=O)CCC(N)C(=O)O)C(O)CCCCCCCCCCC(=O)OCC. The molecule has 0 saturated heterocycles. The van der Waals surface area contributed by atoms with Crippen LogP contribution in [0.15, 0.2) is 0 Å². The van der Waals surface area contributed by atoms with Gasteiger partial charge in [0.2, 0.25) is 0 Å². The molecule has 0 aliphatic heterocycles. The van der Waals surface area contributed by atoms with Crippen LogP contribution in [0.5, 0.6) is 0 Å². The summed E-state index contributed by atoms with van der Waals surface area (Å²) in [7, 11) is 0. The second kappa shape index (κ2) is 20.9. The zero-order chi connectivity index (χ0) is 24.9. The summed E-state index contributed by atoms with van der Waals surface area (Å²) < 4.78 is 10.4. The number of carboxylic acid groups (broad SMARTS) is 1. The van der Waals surface area contributed by atoms with Crippen LogP contribution in [0.2, 0.25) is 0 Å². The highest BCUT2D eigenvalue weighted by Crippen LogP contribution is 2.18. The molecule has 33 heavy (non-hydrogen) atoms. The van der Waals surface area contributed by atoms with Gasteiger partial charge in [-0.15, -0.1) is 0 Å². The van der Waals surface area contributed by atoms with Crippen LogP contribution in [0.4, 0.5) is 0 Å². The van der Waals surface area contributed by atoms with Gasteiger partial charge in [-0.1, -0.05) is 64.7 Å². The lowest BCUT2D eigenvalue weighted by atomic mass is 9.99. The number of unbranched alkanes of at least 4 members (excludes halogenated alkanes) is 9. The van der Waals surface area contributed by atoms with Gasteiger partial charge >= 0.3 is 17.9 Å². The lowest BCUT2D eigenvalue weighted by molar-refractivity contribution is -0.156. The van der Waals surface area contributed by atoms with Crippen molar-refractivity contribution in [2.75, 3.05) is 6.61 Å². The van der Waals surface area contributed by atoms with E-state index in [1.165, 1.54) is 0 Å². The van der Waals surface area contributed by atoms with E-state index in [1.807, 2.05) is 6.92 Å². The van der Waals surface area contributed by atoms with Crippen LogP contribution in [0.1, 0.15) is 117 Å². The molecule has 0 heterocycles. The van der Waals surface area contributed by atoms with Gasteiger partial charge in [-0.2, -0.15) is 0 Å². The summed E-state index contributed by atoms with van der Waals surface area (Å²) >= 11 is 0. The molecule has 3 atom stereocenters. The fraction of sp³-hybridized carbons (Fsp3) is 0.880. The molecule has 8 nitrogen and oxygen atoms in total. The molecule has 0 bridgehead atoms. The number of carbonyl (C=O) groups excluding carboxylic acids is 2. The molecule has 0 aromatic rings. The van der Waals surface area contributed by atoms with Gasteiger partial charge in [0, 0.05) is 12.8 Å². The van der Waals surface area contributed by atoms with Crippen molar-refractivity contribution < 1.29 is 34.1 Å². The number of carbonyl (C=O) groups is 3. The molecule has 4 N–H and O–H groups in total. The molecule has 0 aromatic heterocycles. The maximum Gasteiger partial charge on any atom is 0.320 e. The zero-order valence-electron chi connectivity index (χ0n) is 20.8. The van der Waals surface area contributed by atoms with E-state index in [0.717, 1.165) is 70.6 Å². The van der Waals surface area contributed by atoms with Gasteiger partial charge in [0.05, 0.1) is 12.7 Å². The molecular weight excluding hydrogens is 426 g/mol. The van der Waals surface area contributed by atoms with Crippen molar-refractivity contribution in [3.05, 3.63) is 0 Å². The Hall–Kier alpha value is -1.67. The predicted octanol–water partition coefficient (Wildman–Crippen LogP) is 4.50. The van der Waals surface area contributed by atoms with Crippen molar-refractivity contribution in [2.45, 2.75) is 135 Å². The summed E-state index contributed by atoms with van der Waals surface area (Å²) in [6, 6.07) is -1.08. The van der Waals surface area contributed by atoms with Gasteiger partial charge in [-0.25, -0.2) is 0 Å². The van der Waals surface area contributed by atoms with Crippen molar-refractivity contribution in [3.63, 3.8) is 0 Å². The van der Waals surface area contributed by atoms with Crippen LogP contribution >= 0.6 is 0 Å². The van der Waals surface area contributed by atoms with E-state index in [0.29, 0.717) is 25.9 Å². The van der Waals surface area contributed by atoms with Crippen LogP contribution in [0.25, 0.3) is 0 Å². The van der Waals surface area contributed by atoms with E-state index in [2.05, 4.69) is 6.92 Å². The number of hydrogen-bond acceptors (Lipinski definition) is 7. The van der Waals surface area contributed by atoms with E-state index in [1.54, 1.807) is 0 Å². The highest BCUT2D eigenvalue weighted by atomic mass is 16.6. The average molecular weight is 474 g/mol. The summed E-state index contributed by atoms with van der Waals surface area (Å²) in [4.78, 5) is 34.2. The van der Waals surface area contributed by atoms with Gasteiger partial charge in [0.1, 0.15) is 12.1 Å². The van der Waals surface area contributed by atoms with Gasteiger partial charge in [-0.05, 0) is 39.0 Å². The fourth-order valence-electron chi connectivity index (χ4n) is 3.65. The Bertz CT molecular complexity index is 527. The van der Waals surface area contributed by atoms with Gasteiger partial charge in [0.15, 0.2) is 0 Å². The first kappa shape index (κ1) is 31.3. The Labute approximate surface area is 199 Å². The van der Waals surface area contributed by atoms with E-state index in [4.69, 9.17) is 20.3 Å². The fourth-order valence-corrected chi connectivity index (χ4v) is 3.65. The maximum absolute atomic E-state index is 12.1. The number of aliphatic hydroxyl groups excluding tert-OH is 1. The number of ether oxygens (including phenoxy) is 2. The third-order valence-corrected chi connectivity index (χ3v) is 5.72. The zero-order valence-corrected chi connectivity index (χ0v) is 20.8. The van der Waals surface area contributed by atoms with Crippen LogP contribution in [-0.4, -0.2) is 53.0 Å².